The predicted octanol–water partition coefficient (Wildman–Crippen LogP) is 4.86. The van der Waals surface area contributed by atoms with E-state index in [-0.39, 0.29) is 11.5 Å². The quantitative estimate of drug-likeness (QED) is 0.534. The van der Waals surface area contributed by atoms with Crippen LogP contribution in [0.3, 0.4) is 0 Å². The molecule has 35 heavy (non-hydrogen) atoms. The summed E-state index contributed by atoms with van der Waals surface area (Å²) in [6, 6.07) is 6.34. The molecule has 1 aliphatic heterocycles. The molecule has 4 rings (SSSR count). The van der Waals surface area contributed by atoms with Crippen LogP contribution >= 0.6 is 0 Å². The Morgan fingerprint density at radius 3 is 2.57 bits per heavy atom. The van der Waals surface area contributed by atoms with Gasteiger partial charge in [0.05, 0.1) is 22.8 Å². The van der Waals surface area contributed by atoms with Gasteiger partial charge in [-0.15, -0.1) is 0 Å². The predicted molar refractivity (Wildman–Crippen MR) is 126 cm³/mol. The highest BCUT2D eigenvalue weighted by Crippen LogP contribution is 2.42. The van der Waals surface area contributed by atoms with Gasteiger partial charge in [-0.25, -0.2) is 14.4 Å². The number of alkyl halides is 2. The standard InChI is InChI=1S/C25H27F3N4O3/c1-12(15-8-7-9-17(21(15)26)25(27,28)24(4,5)34)29-22-16-10-19-20(11-18(16)30-14(3)31-22)35-13(2)23(33)32(19)6/h7-13,34H,1-6H3,(H,29,30,31). The van der Waals surface area contributed by atoms with Crippen LogP contribution in [0, 0.1) is 12.7 Å². The fourth-order valence-corrected chi connectivity index (χ4v) is 4.10. The zero-order chi connectivity index (χ0) is 25.9. The van der Waals surface area contributed by atoms with Gasteiger partial charge >= 0.3 is 5.92 Å². The highest BCUT2D eigenvalue weighted by Gasteiger charge is 2.49. The molecule has 2 N–H and O–H groups in total. The number of aryl methyl sites for hydroxylation is 1. The van der Waals surface area contributed by atoms with Crippen molar-refractivity contribution in [1.82, 2.24) is 9.97 Å². The van der Waals surface area contributed by atoms with E-state index in [1.807, 2.05) is 0 Å². The number of fused-ring (bicyclic) bond motifs is 2. The number of likely N-dealkylation sites (N-methyl/N-ethyl adjacent to an activating group) is 1. The van der Waals surface area contributed by atoms with Crippen LogP contribution in [0.2, 0.25) is 0 Å². The minimum Gasteiger partial charge on any atom is -0.479 e. The number of carbonyl (C=O) groups is 1. The minimum atomic E-state index is -3.81. The summed E-state index contributed by atoms with van der Waals surface area (Å²) in [7, 11) is 1.64. The van der Waals surface area contributed by atoms with Crippen LogP contribution in [0.1, 0.15) is 50.7 Å². The minimum absolute atomic E-state index is 0.0155. The molecule has 3 aromatic rings. The third-order valence-electron chi connectivity index (χ3n) is 6.19. The van der Waals surface area contributed by atoms with Crippen molar-refractivity contribution < 1.29 is 27.8 Å². The Bertz CT molecular complexity index is 1320. The summed E-state index contributed by atoms with van der Waals surface area (Å²) in [5.41, 5.74) is -2.28. The van der Waals surface area contributed by atoms with E-state index in [1.165, 1.54) is 17.0 Å². The highest BCUT2D eigenvalue weighted by molar-refractivity contribution is 6.03. The van der Waals surface area contributed by atoms with E-state index in [1.54, 1.807) is 40.0 Å². The van der Waals surface area contributed by atoms with Crippen molar-refractivity contribution in [3.8, 4) is 5.75 Å². The Kier molecular flexibility index (Phi) is 5.91. The zero-order valence-corrected chi connectivity index (χ0v) is 20.3. The Balaban J connectivity index is 1.77. The Morgan fingerprint density at radius 2 is 1.91 bits per heavy atom. The largest absolute Gasteiger partial charge is 0.479 e. The average molecular weight is 489 g/mol. The number of rotatable bonds is 5. The molecule has 10 heteroatoms. The van der Waals surface area contributed by atoms with Crippen molar-refractivity contribution in [1.29, 1.82) is 0 Å². The van der Waals surface area contributed by atoms with Gasteiger partial charge in [0.2, 0.25) is 0 Å². The number of ether oxygens (including phenoxy) is 1. The number of amides is 1. The molecule has 0 aliphatic carbocycles. The summed E-state index contributed by atoms with van der Waals surface area (Å²) < 4.78 is 50.5. The fraction of sp³-hybridized carbons (Fsp3) is 0.400. The number of aromatic nitrogens is 2. The van der Waals surface area contributed by atoms with Gasteiger partial charge < -0.3 is 20.1 Å². The van der Waals surface area contributed by atoms with Crippen molar-refractivity contribution in [2.45, 2.75) is 58.3 Å². The third-order valence-corrected chi connectivity index (χ3v) is 6.19. The molecule has 1 aromatic heterocycles. The molecule has 2 aromatic carbocycles. The first-order chi connectivity index (χ1) is 16.2. The average Bonchev–Trinajstić information content (AvgIpc) is 2.75. The van der Waals surface area contributed by atoms with E-state index >= 15 is 4.39 Å². The lowest BCUT2D eigenvalue weighted by atomic mass is 9.91. The van der Waals surface area contributed by atoms with Crippen LogP contribution in [0.4, 0.5) is 24.7 Å². The first kappa shape index (κ1) is 24.7. The molecule has 1 amide bonds. The second kappa shape index (κ2) is 8.37. The van der Waals surface area contributed by atoms with E-state index in [9.17, 15) is 18.7 Å². The van der Waals surface area contributed by atoms with E-state index in [0.717, 1.165) is 19.9 Å². The summed E-state index contributed by atoms with van der Waals surface area (Å²) in [6.45, 7) is 6.84. The SMILES string of the molecule is Cc1nc(NC(C)c2cccc(C(F)(F)C(C)(C)O)c2F)c2cc3c(cc2n1)OC(C)C(=O)N3C. The van der Waals surface area contributed by atoms with Crippen LogP contribution in [0.15, 0.2) is 30.3 Å². The normalized spacial score (nSPS) is 17.3. The lowest BCUT2D eigenvalue weighted by Gasteiger charge is -2.31. The monoisotopic (exact) mass is 488 g/mol. The molecule has 2 heterocycles. The molecule has 0 saturated heterocycles. The van der Waals surface area contributed by atoms with E-state index in [2.05, 4.69) is 15.3 Å². The van der Waals surface area contributed by atoms with Crippen molar-refractivity contribution in [2.75, 3.05) is 17.3 Å². The van der Waals surface area contributed by atoms with Gasteiger partial charge in [0, 0.05) is 24.1 Å². The highest BCUT2D eigenvalue weighted by atomic mass is 19.3. The number of hydrogen-bond acceptors (Lipinski definition) is 6. The number of benzene rings is 2. The molecule has 1 aliphatic rings. The number of aliphatic hydroxyl groups is 1. The maximum atomic E-state index is 15.3. The summed E-state index contributed by atoms with van der Waals surface area (Å²) >= 11 is 0. The van der Waals surface area contributed by atoms with Crippen LogP contribution in [0.5, 0.6) is 5.75 Å². The maximum Gasteiger partial charge on any atom is 0.303 e. The molecule has 0 spiro atoms. The maximum absolute atomic E-state index is 15.3. The van der Waals surface area contributed by atoms with Crippen molar-refractivity contribution in [3.05, 3.63) is 53.1 Å². The topological polar surface area (TPSA) is 87.6 Å². The second-order valence-electron chi connectivity index (χ2n) is 9.32. The van der Waals surface area contributed by atoms with Crippen molar-refractivity contribution >= 4 is 28.3 Å². The Hall–Kier alpha value is -3.40. The first-order valence-corrected chi connectivity index (χ1v) is 11.1. The number of anilines is 2. The van der Waals surface area contributed by atoms with Crippen LogP contribution in [-0.4, -0.2) is 39.7 Å². The lowest BCUT2D eigenvalue weighted by Crippen LogP contribution is -2.41. The van der Waals surface area contributed by atoms with Crippen molar-refractivity contribution in [2.24, 2.45) is 0 Å². The molecule has 0 saturated carbocycles. The van der Waals surface area contributed by atoms with Crippen LogP contribution < -0.4 is 15.0 Å². The molecule has 186 valence electrons. The molecule has 0 fully saturated rings. The first-order valence-electron chi connectivity index (χ1n) is 11.1. The van der Waals surface area contributed by atoms with Gasteiger partial charge in [0.25, 0.3) is 5.91 Å². The van der Waals surface area contributed by atoms with Crippen molar-refractivity contribution in [3.63, 3.8) is 0 Å². The Morgan fingerprint density at radius 1 is 1.23 bits per heavy atom. The van der Waals surface area contributed by atoms with E-state index in [4.69, 9.17) is 4.74 Å². The molecule has 7 nitrogen and oxygen atoms in total. The fourth-order valence-electron chi connectivity index (χ4n) is 4.10. The Labute approximate surface area is 200 Å². The summed E-state index contributed by atoms with van der Waals surface area (Å²) in [4.78, 5) is 22.8. The molecule has 0 bridgehead atoms. The zero-order valence-electron chi connectivity index (χ0n) is 20.3. The molecule has 0 radical (unpaired) electrons. The number of hydrogen-bond donors (Lipinski definition) is 2. The van der Waals surface area contributed by atoms with Gasteiger partial charge in [-0.3, -0.25) is 4.79 Å². The number of nitrogens with one attached hydrogen (secondary N) is 1. The van der Waals surface area contributed by atoms with Gasteiger partial charge in [-0.05, 0) is 46.8 Å². The van der Waals surface area contributed by atoms with Crippen LogP contribution in [0.25, 0.3) is 10.9 Å². The summed E-state index contributed by atoms with van der Waals surface area (Å²) in [5, 5.41) is 13.6. The van der Waals surface area contributed by atoms with Gasteiger partial charge in [0.1, 0.15) is 28.8 Å². The van der Waals surface area contributed by atoms with Crippen LogP contribution in [-0.2, 0) is 10.7 Å². The number of nitrogens with zero attached hydrogens (tertiary/aromatic N) is 3. The van der Waals surface area contributed by atoms with Gasteiger partial charge in [-0.2, -0.15) is 8.78 Å². The summed E-state index contributed by atoms with van der Waals surface area (Å²) in [5.74, 6) is -3.85. The molecule has 2 atom stereocenters. The number of halogens is 3. The lowest BCUT2D eigenvalue weighted by molar-refractivity contribution is -0.170. The van der Waals surface area contributed by atoms with E-state index < -0.39 is 35.1 Å². The summed E-state index contributed by atoms with van der Waals surface area (Å²) in [6.07, 6.45) is -0.636. The van der Waals surface area contributed by atoms with Gasteiger partial charge in [0.15, 0.2) is 6.10 Å². The van der Waals surface area contributed by atoms with E-state index in [0.29, 0.717) is 34.0 Å². The smallest absolute Gasteiger partial charge is 0.303 e. The van der Waals surface area contributed by atoms with Gasteiger partial charge in [-0.1, -0.05) is 12.1 Å². The molecule has 2 unspecified atom stereocenters. The second-order valence-corrected chi connectivity index (χ2v) is 9.32. The molecular weight excluding hydrogens is 461 g/mol. The number of carbonyl (C=O) groups excluding carboxylic acids is 1. The molecular formula is C25H27F3N4O3. The third kappa shape index (κ3) is 4.16.